The molecule has 1 aromatic rings. The first-order chi connectivity index (χ1) is 7.24. The first-order valence-electron chi connectivity index (χ1n) is 4.89. The monoisotopic (exact) mass is 206 g/mol. The third-order valence-electron chi connectivity index (χ3n) is 2.13. The average molecular weight is 206 g/mol. The third kappa shape index (κ3) is 3.94. The summed E-state index contributed by atoms with van der Waals surface area (Å²) in [4.78, 5) is 21.9. The zero-order chi connectivity index (χ0) is 11.1. The molecule has 0 N–H and O–H groups in total. The number of hydrogen-bond acceptors (Lipinski definition) is 3. The van der Waals surface area contributed by atoms with E-state index < -0.39 is 11.8 Å². The number of carbonyl (C=O) groups is 2. The van der Waals surface area contributed by atoms with Gasteiger partial charge in [-0.3, -0.25) is 4.79 Å². The molecule has 0 aliphatic heterocycles. The Labute approximate surface area is 89.1 Å². The van der Waals surface area contributed by atoms with Crippen LogP contribution in [0.25, 0.3) is 0 Å². The van der Waals surface area contributed by atoms with Crippen LogP contribution >= 0.6 is 0 Å². The number of benzene rings is 1. The first-order valence-corrected chi connectivity index (χ1v) is 4.89. The normalized spacial score (nSPS) is 9.67. The lowest BCUT2D eigenvalue weighted by atomic mass is 10.1. The van der Waals surface area contributed by atoms with Gasteiger partial charge in [0.05, 0.1) is 7.11 Å². The number of aryl methyl sites for hydroxylation is 1. The van der Waals surface area contributed by atoms with E-state index in [0.29, 0.717) is 6.42 Å². The minimum absolute atomic E-state index is 0.252. The molecule has 3 heteroatoms. The van der Waals surface area contributed by atoms with Crippen molar-refractivity contribution in [3.05, 3.63) is 35.9 Å². The Balaban J connectivity index is 2.28. The summed E-state index contributed by atoms with van der Waals surface area (Å²) >= 11 is 0. The molecule has 0 aliphatic carbocycles. The molecule has 0 saturated heterocycles. The van der Waals surface area contributed by atoms with Gasteiger partial charge in [-0.15, -0.1) is 0 Å². The summed E-state index contributed by atoms with van der Waals surface area (Å²) in [5.41, 5.74) is 1.18. The van der Waals surface area contributed by atoms with Crippen LogP contribution < -0.4 is 0 Å². The Morgan fingerprint density at radius 2 is 1.87 bits per heavy atom. The number of ether oxygens (including phenoxy) is 1. The second kappa shape index (κ2) is 5.96. The van der Waals surface area contributed by atoms with Gasteiger partial charge in [0.1, 0.15) is 0 Å². The van der Waals surface area contributed by atoms with Crippen molar-refractivity contribution >= 4 is 11.8 Å². The average Bonchev–Trinajstić information content (AvgIpc) is 2.29. The van der Waals surface area contributed by atoms with Crippen LogP contribution in [0.5, 0.6) is 0 Å². The topological polar surface area (TPSA) is 43.4 Å². The number of ketones is 1. The van der Waals surface area contributed by atoms with E-state index in [2.05, 4.69) is 4.74 Å². The molecule has 80 valence electrons. The van der Waals surface area contributed by atoms with Gasteiger partial charge in [0.25, 0.3) is 0 Å². The Morgan fingerprint density at radius 1 is 1.20 bits per heavy atom. The van der Waals surface area contributed by atoms with Crippen LogP contribution in [0.2, 0.25) is 0 Å². The summed E-state index contributed by atoms with van der Waals surface area (Å²) in [7, 11) is 1.22. The van der Waals surface area contributed by atoms with Crippen molar-refractivity contribution in [1.29, 1.82) is 0 Å². The molecule has 0 radical (unpaired) electrons. The van der Waals surface area contributed by atoms with Gasteiger partial charge in [-0.25, -0.2) is 4.79 Å². The van der Waals surface area contributed by atoms with E-state index in [-0.39, 0.29) is 6.42 Å². The van der Waals surface area contributed by atoms with Crippen LogP contribution in [0, 0.1) is 0 Å². The SMILES string of the molecule is COC(=O)C(=O)CCCc1ccccc1. The predicted octanol–water partition coefficient (Wildman–Crippen LogP) is 1.75. The maximum Gasteiger partial charge on any atom is 0.374 e. The molecule has 0 atom stereocenters. The number of carbonyl (C=O) groups excluding carboxylic acids is 2. The molecule has 0 saturated carbocycles. The molecular weight excluding hydrogens is 192 g/mol. The molecule has 1 rings (SSSR count). The zero-order valence-electron chi connectivity index (χ0n) is 8.73. The summed E-state index contributed by atoms with van der Waals surface area (Å²) in [6, 6.07) is 9.86. The van der Waals surface area contributed by atoms with Crippen LogP contribution in [0.4, 0.5) is 0 Å². The number of hydrogen-bond donors (Lipinski definition) is 0. The van der Waals surface area contributed by atoms with Crippen LogP contribution in [-0.2, 0) is 20.7 Å². The van der Waals surface area contributed by atoms with Crippen molar-refractivity contribution in [2.24, 2.45) is 0 Å². The Bertz CT molecular complexity index is 330. The fourth-order valence-corrected chi connectivity index (χ4v) is 1.31. The van der Waals surface area contributed by atoms with Crippen LogP contribution in [0.1, 0.15) is 18.4 Å². The summed E-state index contributed by atoms with van der Waals surface area (Å²) in [5, 5.41) is 0. The maximum atomic E-state index is 11.1. The summed E-state index contributed by atoms with van der Waals surface area (Å²) in [5.74, 6) is -1.20. The van der Waals surface area contributed by atoms with E-state index in [1.54, 1.807) is 0 Å². The highest BCUT2D eigenvalue weighted by atomic mass is 16.5. The van der Waals surface area contributed by atoms with Gasteiger partial charge in [0.2, 0.25) is 5.78 Å². The van der Waals surface area contributed by atoms with Crippen molar-refractivity contribution in [2.75, 3.05) is 7.11 Å². The first kappa shape index (κ1) is 11.4. The van der Waals surface area contributed by atoms with Crippen molar-refractivity contribution in [2.45, 2.75) is 19.3 Å². The molecule has 0 aromatic heterocycles. The minimum atomic E-state index is -0.747. The Kier molecular flexibility index (Phi) is 4.54. The molecule has 15 heavy (non-hydrogen) atoms. The number of Topliss-reactive ketones (excluding diaryl/α,β-unsaturated/α-hetero) is 1. The summed E-state index contributed by atoms with van der Waals surface area (Å²) in [6.07, 6.45) is 1.74. The zero-order valence-corrected chi connectivity index (χ0v) is 8.73. The molecule has 0 heterocycles. The quantitative estimate of drug-likeness (QED) is 0.544. The van der Waals surface area contributed by atoms with Gasteiger partial charge >= 0.3 is 5.97 Å². The molecule has 0 fully saturated rings. The predicted molar refractivity (Wildman–Crippen MR) is 56.4 cm³/mol. The third-order valence-corrected chi connectivity index (χ3v) is 2.13. The van der Waals surface area contributed by atoms with Crippen molar-refractivity contribution in [3.8, 4) is 0 Å². The van der Waals surface area contributed by atoms with Crippen molar-refractivity contribution < 1.29 is 14.3 Å². The molecule has 0 amide bonds. The molecular formula is C12H14O3. The van der Waals surface area contributed by atoms with E-state index in [9.17, 15) is 9.59 Å². The molecule has 1 aromatic carbocycles. The van der Waals surface area contributed by atoms with E-state index in [4.69, 9.17) is 0 Å². The van der Waals surface area contributed by atoms with Gasteiger partial charge in [-0.05, 0) is 18.4 Å². The largest absolute Gasteiger partial charge is 0.463 e. The van der Waals surface area contributed by atoms with Gasteiger partial charge in [-0.1, -0.05) is 30.3 Å². The minimum Gasteiger partial charge on any atom is -0.463 e. The van der Waals surface area contributed by atoms with E-state index in [1.165, 1.54) is 12.7 Å². The summed E-state index contributed by atoms with van der Waals surface area (Å²) < 4.78 is 4.33. The van der Waals surface area contributed by atoms with Crippen LogP contribution in [0.3, 0.4) is 0 Å². The van der Waals surface area contributed by atoms with Gasteiger partial charge in [0.15, 0.2) is 0 Å². The van der Waals surface area contributed by atoms with Crippen LogP contribution in [-0.4, -0.2) is 18.9 Å². The maximum absolute atomic E-state index is 11.1. The van der Waals surface area contributed by atoms with Crippen molar-refractivity contribution in [1.82, 2.24) is 0 Å². The molecule has 0 unspecified atom stereocenters. The van der Waals surface area contributed by atoms with Crippen molar-refractivity contribution in [3.63, 3.8) is 0 Å². The lowest BCUT2D eigenvalue weighted by Crippen LogP contribution is -2.15. The second-order valence-corrected chi connectivity index (χ2v) is 3.25. The molecule has 0 bridgehead atoms. The lowest BCUT2D eigenvalue weighted by Gasteiger charge is -2.00. The van der Waals surface area contributed by atoms with E-state index in [1.807, 2.05) is 30.3 Å². The second-order valence-electron chi connectivity index (χ2n) is 3.25. The Morgan fingerprint density at radius 3 is 2.47 bits per heavy atom. The standard InChI is InChI=1S/C12H14O3/c1-15-12(14)11(13)9-5-8-10-6-3-2-4-7-10/h2-4,6-7H,5,8-9H2,1H3. The summed E-state index contributed by atoms with van der Waals surface area (Å²) in [6.45, 7) is 0. The van der Waals surface area contributed by atoms with E-state index >= 15 is 0 Å². The number of rotatable bonds is 5. The number of esters is 1. The fraction of sp³-hybridized carbons (Fsp3) is 0.333. The lowest BCUT2D eigenvalue weighted by molar-refractivity contribution is -0.151. The van der Waals surface area contributed by atoms with Gasteiger partial charge in [0, 0.05) is 6.42 Å². The molecule has 3 nitrogen and oxygen atoms in total. The highest BCUT2D eigenvalue weighted by molar-refractivity contribution is 6.33. The highest BCUT2D eigenvalue weighted by Gasteiger charge is 2.12. The van der Waals surface area contributed by atoms with Gasteiger partial charge in [-0.2, -0.15) is 0 Å². The fourth-order valence-electron chi connectivity index (χ4n) is 1.31. The van der Waals surface area contributed by atoms with Gasteiger partial charge < -0.3 is 4.74 Å². The number of methoxy groups -OCH3 is 1. The highest BCUT2D eigenvalue weighted by Crippen LogP contribution is 2.04. The van der Waals surface area contributed by atoms with Crippen LogP contribution in [0.15, 0.2) is 30.3 Å². The van der Waals surface area contributed by atoms with E-state index in [0.717, 1.165) is 6.42 Å². The smallest absolute Gasteiger partial charge is 0.374 e. The Hall–Kier alpha value is -1.64. The molecule has 0 aliphatic rings. The molecule has 0 spiro atoms.